The van der Waals surface area contributed by atoms with Gasteiger partial charge in [0.1, 0.15) is 5.82 Å². The van der Waals surface area contributed by atoms with Gasteiger partial charge in [0, 0.05) is 6.04 Å². The summed E-state index contributed by atoms with van der Waals surface area (Å²) in [6.45, 7) is 0.836. The lowest BCUT2D eigenvalue weighted by atomic mass is 9.82. The molecule has 0 unspecified atom stereocenters. The molecule has 2 aromatic carbocycles. The average molecular weight is 319 g/mol. The number of hydrogen-bond acceptors (Lipinski definition) is 2. The molecule has 0 atom stereocenters. The van der Waals surface area contributed by atoms with Crippen LogP contribution in [0.3, 0.4) is 0 Å². The van der Waals surface area contributed by atoms with Crippen LogP contribution in [0.5, 0.6) is 0 Å². The van der Waals surface area contributed by atoms with Gasteiger partial charge in [-0.15, -0.1) is 0 Å². The third kappa shape index (κ3) is 3.68. The smallest absolute Gasteiger partial charge is 0.121 e. The quantitative estimate of drug-likeness (QED) is 0.729. The second kappa shape index (κ2) is 7.18. The van der Waals surface area contributed by atoms with E-state index in [0.29, 0.717) is 6.04 Å². The molecule has 3 aromatic rings. The standard InChI is InChI=1S/C21H25N3/c1-2-6-16(7-3-1)14-17-10-12-18(13-11-17)22-15-21-23-19-8-4-5-9-20(19)24-21/h1-9,17-18,22H,10-15H2,(H,23,24). The van der Waals surface area contributed by atoms with E-state index in [2.05, 4.69) is 57.7 Å². The molecule has 0 bridgehead atoms. The number of benzene rings is 2. The van der Waals surface area contributed by atoms with Crippen LogP contribution in [0.15, 0.2) is 54.6 Å². The fraction of sp³-hybridized carbons (Fsp3) is 0.381. The third-order valence-electron chi connectivity index (χ3n) is 5.21. The van der Waals surface area contributed by atoms with Crippen LogP contribution < -0.4 is 5.32 Å². The zero-order valence-corrected chi connectivity index (χ0v) is 14.0. The number of H-pyrrole nitrogens is 1. The Hall–Kier alpha value is -2.13. The Morgan fingerprint density at radius 3 is 2.46 bits per heavy atom. The van der Waals surface area contributed by atoms with Crippen molar-refractivity contribution < 1.29 is 0 Å². The summed E-state index contributed by atoms with van der Waals surface area (Å²) in [5, 5.41) is 3.69. The first kappa shape index (κ1) is 15.4. The van der Waals surface area contributed by atoms with E-state index in [1.54, 1.807) is 0 Å². The minimum Gasteiger partial charge on any atom is -0.341 e. The minimum atomic E-state index is 0.630. The van der Waals surface area contributed by atoms with Gasteiger partial charge in [-0.2, -0.15) is 0 Å². The number of rotatable bonds is 5. The molecule has 3 nitrogen and oxygen atoms in total. The van der Waals surface area contributed by atoms with Gasteiger partial charge in [0.05, 0.1) is 17.6 Å². The normalized spacial score (nSPS) is 21.2. The monoisotopic (exact) mass is 319 g/mol. The van der Waals surface area contributed by atoms with Crippen molar-refractivity contribution in [3.63, 3.8) is 0 Å². The molecule has 0 amide bonds. The Bertz CT molecular complexity index is 737. The van der Waals surface area contributed by atoms with Crippen molar-refractivity contribution >= 4 is 11.0 Å². The van der Waals surface area contributed by atoms with Crippen molar-refractivity contribution in [2.75, 3.05) is 0 Å². The van der Waals surface area contributed by atoms with Crippen LogP contribution in [0.2, 0.25) is 0 Å². The number of hydrogen-bond donors (Lipinski definition) is 2. The highest BCUT2D eigenvalue weighted by molar-refractivity contribution is 5.74. The topological polar surface area (TPSA) is 40.7 Å². The van der Waals surface area contributed by atoms with Gasteiger partial charge < -0.3 is 10.3 Å². The van der Waals surface area contributed by atoms with Crippen LogP contribution >= 0.6 is 0 Å². The highest BCUT2D eigenvalue weighted by atomic mass is 15.0. The summed E-state index contributed by atoms with van der Waals surface area (Å²) in [7, 11) is 0. The number of fused-ring (bicyclic) bond motifs is 1. The number of para-hydroxylation sites is 2. The Kier molecular flexibility index (Phi) is 4.61. The highest BCUT2D eigenvalue weighted by Gasteiger charge is 2.21. The first-order valence-electron chi connectivity index (χ1n) is 9.08. The first-order chi connectivity index (χ1) is 11.9. The summed E-state index contributed by atoms with van der Waals surface area (Å²) in [4.78, 5) is 8.05. The van der Waals surface area contributed by atoms with Gasteiger partial charge in [-0.1, -0.05) is 42.5 Å². The van der Waals surface area contributed by atoms with E-state index < -0.39 is 0 Å². The largest absolute Gasteiger partial charge is 0.341 e. The molecule has 0 spiro atoms. The second-order valence-corrected chi connectivity index (χ2v) is 6.99. The van der Waals surface area contributed by atoms with E-state index >= 15 is 0 Å². The molecule has 1 saturated carbocycles. The molecule has 1 aromatic heterocycles. The van der Waals surface area contributed by atoms with E-state index in [-0.39, 0.29) is 0 Å². The molecule has 3 heteroatoms. The molecule has 0 radical (unpaired) electrons. The van der Waals surface area contributed by atoms with E-state index in [0.717, 1.165) is 29.3 Å². The van der Waals surface area contributed by atoms with Crippen LogP contribution in [0.4, 0.5) is 0 Å². The molecule has 4 rings (SSSR count). The van der Waals surface area contributed by atoms with E-state index in [9.17, 15) is 0 Å². The number of imidazole rings is 1. The van der Waals surface area contributed by atoms with Crippen molar-refractivity contribution in [3.05, 3.63) is 66.0 Å². The zero-order chi connectivity index (χ0) is 16.2. The first-order valence-corrected chi connectivity index (χ1v) is 9.08. The number of nitrogens with one attached hydrogen (secondary N) is 2. The Labute approximate surface area is 143 Å². The summed E-state index contributed by atoms with van der Waals surface area (Å²) in [5.74, 6) is 1.89. The van der Waals surface area contributed by atoms with Crippen LogP contribution in [-0.2, 0) is 13.0 Å². The van der Waals surface area contributed by atoms with E-state index in [1.807, 2.05) is 12.1 Å². The SMILES string of the molecule is c1ccc(CC2CCC(NCc3nc4ccccc4[nH]3)CC2)cc1. The number of aromatic amines is 1. The lowest BCUT2D eigenvalue weighted by molar-refractivity contribution is 0.288. The molecular formula is C21H25N3. The van der Waals surface area contributed by atoms with Crippen LogP contribution in [0.1, 0.15) is 37.1 Å². The van der Waals surface area contributed by atoms with Gasteiger partial charge in [-0.3, -0.25) is 0 Å². The molecular weight excluding hydrogens is 294 g/mol. The maximum Gasteiger partial charge on any atom is 0.121 e. The Morgan fingerprint density at radius 2 is 1.67 bits per heavy atom. The summed E-state index contributed by atoms with van der Waals surface area (Å²) in [6.07, 6.45) is 6.44. The molecule has 0 aliphatic heterocycles. The van der Waals surface area contributed by atoms with Gasteiger partial charge in [0.15, 0.2) is 0 Å². The zero-order valence-electron chi connectivity index (χ0n) is 14.0. The van der Waals surface area contributed by atoms with Crippen molar-refractivity contribution in [2.45, 2.75) is 44.7 Å². The molecule has 2 N–H and O–H groups in total. The van der Waals surface area contributed by atoms with Gasteiger partial charge >= 0.3 is 0 Å². The molecule has 1 fully saturated rings. The number of aromatic nitrogens is 2. The van der Waals surface area contributed by atoms with Gasteiger partial charge in [-0.25, -0.2) is 4.98 Å². The summed E-state index contributed by atoms with van der Waals surface area (Å²) in [6, 6.07) is 19.8. The van der Waals surface area contributed by atoms with Crippen molar-refractivity contribution in [2.24, 2.45) is 5.92 Å². The molecule has 0 saturated heterocycles. The van der Waals surface area contributed by atoms with Crippen LogP contribution in [-0.4, -0.2) is 16.0 Å². The third-order valence-corrected chi connectivity index (χ3v) is 5.21. The summed E-state index contributed by atoms with van der Waals surface area (Å²) in [5.41, 5.74) is 3.66. The van der Waals surface area contributed by atoms with Crippen molar-refractivity contribution in [3.8, 4) is 0 Å². The fourth-order valence-electron chi connectivity index (χ4n) is 3.85. The summed E-state index contributed by atoms with van der Waals surface area (Å²) >= 11 is 0. The molecule has 1 heterocycles. The fourth-order valence-corrected chi connectivity index (χ4v) is 3.85. The van der Waals surface area contributed by atoms with Gasteiger partial charge in [0.2, 0.25) is 0 Å². The van der Waals surface area contributed by atoms with Crippen molar-refractivity contribution in [1.82, 2.24) is 15.3 Å². The lowest BCUT2D eigenvalue weighted by Crippen LogP contribution is -2.33. The minimum absolute atomic E-state index is 0.630. The molecule has 1 aliphatic rings. The molecule has 1 aliphatic carbocycles. The second-order valence-electron chi connectivity index (χ2n) is 6.99. The Morgan fingerprint density at radius 1 is 0.917 bits per heavy atom. The van der Waals surface area contributed by atoms with Crippen LogP contribution in [0.25, 0.3) is 11.0 Å². The van der Waals surface area contributed by atoms with Gasteiger partial charge in [0.25, 0.3) is 0 Å². The maximum absolute atomic E-state index is 4.65. The lowest BCUT2D eigenvalue weighted by Gasteiger charge is -2.29. The predicted molar refractivity (Wildman–Crippen MR) is 98.8 cm³/mol. The maximum atomic E-state index is 4.65. The van der Waals surface area contributed by atoms with Gasteiger partial charge in [-0.05, 0) is 55.7 Å². The highest BCUT2D eigenvalue weighted by Crippen LogP contribution is 2.27. The number of nitrogens with zero attached hydrogens (tertiary/aromatic N) is 1. The van der Waals surface area contributed by atoms with Crippen molar-refractivity contribution in [1.29, 1.82) is 0 Å². The van der Waals surface area contributed by atoms with Crippen LogP contribution in [0, 0.1) is 5.92 Å². The molecule has 24 heavy (non-hydrogen) atoms. The predicted octanol–water partition coefficient (Wildman–Crippen LogP) is 4.45. The average Bonchev–Trinajstić information content (AvgIpc) is 3.05. The Balaban J connectivity index is 1.26. The molecule has 124 valence electrons. The van der Waals surface area contributed by atoms with E-state index in [1.165, 1.54) is 37.7 Å². The summed E-state index contributed by atoms with van der Waals surface area (Å²) < 4.78 is 0. The van der Waals surface area contributed by atoms with E-state index in [4.69, 9.17) is 0 Å².